The highest BCUT2D eigenvalue weighted by atomic mass is 35.5. The van der Waals surface area contributed by atoms with E-state index in [4.69, 9.17) is 26.1 Å². The van der Waals surface area contributed by atoms with E-state index < -0.39 is 17.9 Å². The molecule has 3 aromatic rings. The summed E-state index contributed by atoms with van der Waals surface area (Å²) in [5.41, 5.74) is 4.02. The Morgan fingerprint density at radius 3 is 2.19 bits per heavy atom. The molecule has 0 radical (unpaired) electrons. The van der Waals surface area contributed by atoms with E-state index in [1.807, 2.05) is 28.1 Å². The molecule has 1 N–H and O–H groups in total. The number of carbonyl (C=O) groups is 2. The molecule has 4 rings (SSSR count). The van der Waals surface area contributed by atoms with Gasteiger partial charge in [-0.15, -0.1) is 11.3 Å². The predicted octanol–water partition coefficient (Wildman–Crippen LogP) is 4.30. The second-order valence-electron chi connectivity index (χ2n) is 7.03. The maximum Gasteiger partial charge on any atom is 0.336 e. The second-order valence-corrected chi connectivity index (χ2v) is 8.34. The standard InChI is InChI=1S/C22H20ClN3O4S/c1-11-15(20(27)29-3)17(16(12(2)24-11)21(28)30-4)19-18(13-5-7-14(23)8-6-13)25-22-26(19)9-10-31-22/h5-10,17,24H,1-4H3. The zero-order valence-corrected chi connectivity index (χ0v) is 18.9. The number of halogens is 1. The molecule has 0 spiro atoms. The van der Waals surface area contributed by atoms with Crippen LogP contribution in [0.1, 0.15) is 25.5 Å². The number of nitrogens with one attached hydrogen (secondary N) is 1. The third kappa shape index (κ3) is 3.51. The number of methoxy groups -OCH3 is 2. The molecular formula is C22H20ClN3O4S. The van der Waals surface area contributed by atoms with E-state index >= 15 is 0 Å². The van der Waals surface area contributed by atoms with Crippen molar-refractivity contribution in [2.24, 2.45) is 0 Å². The van der Waals surface area contributed by atoms with E-state index in [2.05, 4.69) is 5.32 Å². The molecule has 0 amide bonds. The van der Waals surface area contributed by atoms with Crippen molar-refractivity contribution in [1.29, 1.82) is 0 Å². The number of dihydropyridines is 1. The molecule has 1 aromatic carbocycles. The number of hydrogen-bond donors (Lipinski definition) is 1. The van der Waals surface area contributed by atoms with Crippen LogP contribution in [0.2, 0.25) is 5.02 Å². The lowest BCUT2D eigenvalue weighted by atomic mass is 9.81. The van der Waals surface area contributed by atoms with E-state index in [0.717, 1.165) is 10.5 Å². The van der Waals surface area contributed by atoms with Gasteiger partial charge in [0, 0.05) is 33.6 Å². The van der Waals surface area contributed by atoms with Crippen molar-refractivity contribution >= 4 is 39.8 Å². The molecule has 0 aliphatic carbocycles. The van der Waals surface area contributed by atoms with Gasteiger partial charge in [-0.05, 0) is 26.0 Å². The number of fused-ring (bicyclic) bond motifs is 1. The van der Waals surface area contributed by atoms with Gasteiger partial charge in [-0.1, -0.05) is 23.7 Å². The minimum Gasteiger partial charge on any atom is -0.466 e. The third-order valence-corrected chi connectivity index (χ3v) is 6.27. The van der Waals surface area contributed by atoms with Crippen molar-refractivity contribution in [3.05, 3.63) is 69.1 Å². The Kier molecular flexibility index (Phi) is 5.60. The fourth-order valence-electron chi connectivity index (χ4n) is 3.93. The number of allylic oxidation sites excluding steroid dienone is 2. The summed E-state index contributed by atoms with van der Waals surface area (Å²) in [5, 5.41) is 5.63. The van der Waals surface area contributed by atoms with Crippen molar-refractivity contribution in [2.45, 2.75) is 19.8 Å². The number of ether oxygens (including phenoxy) is 2. The lowest BCUT2D eigenvalue weighted by Gasteiger charge is -2.30. The average molecular weight is 458 g/mol. The number of imidazole rings is 1. The number of carbonyl (C=O) groups excluding carboxylic acids is 2. The molecule has 31 heavy (non-hydrogen) atoms. The molecule has 0 fully saturated rings. The van der Waals surface area contributed by atoms with Gasteiger partial charge in [0.05, 0.1) is 42.7 Å². The molecule has 0 bridgehead atoms. The van der Waals surface area contributed by atoms with E-state index in [9.17, 15) is 9.59 Å². The van der Waals surface area contributed by atoms with Gasteiger partial charge < -0.3 is 14.8 Å². The van der Waals surface area contributed by atoms with Crippen LogP contribution in [-0.2, 0) is 19.1 Å². The van der Waals surface area contributed by atoms with Crippen LogP contribution in [0.3, 0.4) is 0 Å². The average Bonchev–Trinajstić information content (AvgIpc) is 3.34. The van der Waals surface area contributed by atoms with Gasteiger partial charge in [0.2, 0.25) is 0 Å². The monoisotopic (exact) mass is 457 g/mol. The molecule has 9 heteroatoms. The fourth-order valence-corrected chi connectivity index (χ4v) is 4.77. The fraction of sp³-hybridized carbons (Fsp3) is 0.227. The summed E-state index contributed by atoms with van der Waals surface area (Å²) in [6, 6.07) is 7.28. The second kappa shape index (κ2) is 8.20. The number of rotatable bonds is 4. The minimum absolute atomic E-state index is 0.330. The summed E-state index contributed by atoms with van der Waals surface area (Å²) >= 11 is 7.54. The van der Waals surface area contributed by atoms with Crippen molar-refractivity contribution in [1.82, 2.24) is 14.7 Å². The molecule has 0 saturated carbocycles. The number of benzene rings is 1. The largest absolute Gasteiger partial charge is 0.466 e. The van der Waals surface area contributed by atoms with Gasteiger partial charge in [-0.2, -0.15) is 0 Å². The Balaban J connectivity index is 2.06. The zero-order chi connectivity index (χ0) is 22.3. The first kappa shape index (κ1) is 21.1. The van der Waals surface area contributed by atoms with Crippen molar-refractivity contribution in [3.63, 3.8) is 0 Å². The molecule has 2 aromatic heterocycles. The first-order valence-electron chi connectivity index (χ1n) is 9.44. The third-order valence-electron chi connectivity index (χ3n) is 5.26. The molecule has 0 atom stereocenters. The van der Waals surface area contributed by atoms with Crippen molar-refractivity contribution in [3.8, 4) is 11.3 Å². The van der Waals surface area contributed by atoms with Gasteiger partial charge in [-0.25, -0.2) is 14.6 Å². The Labute approximate surface area is 187 Å². The Hall–Kier alpha value is -3.10. The smallest absolute Gasteiger partial charge is 0.336 e. The highest BCUT2D eigenvalue weighted by Gasteiger charge is 2.41. The number of thiazole rings is 1. The topological polar surface area (TPSA) is 81.9 Å². The van der Waals surface area contributed by atoms with Gasteiger partial charge >= 0.3 is 11.9 Å². The van der Waals surface area contributed by atoms with Crippen LogP contribution < -0.4 is 5.32 Å². The van der Waals surface area contributed by atoms with E-state index in [-0.39, 0.29) is 0 Å². The normalized spacial score (nSPS) is 14.7. The lowest BCUT2D eigenvalue weighted by Crippen LogP contribution is -2.32. The van der Waals surface area contributed by atoms with Crippen LogP contribution in [0, 0.1) is 0 Å². The van der Waals surface area contributed by atoms with E-state index in [1.54, 1.807) is 26.0 Å². The zero-order valence-electron chi connectivity index (χ0n) is 17.4. The first-order valence-corrected chi connectivity index (χ1v) is 10.7. The Bertz CT molecular complexity index is 1220. The lowest BCUT2D eigenvalue weighted by molar-refractivity contribution is -0.137. The van der Waals surface area contributed by atoms with Crippen LogP contribution in [0.15, 0.2) is 58.4 Å². The van der Waals surface area contributed by atoms with Crippen molar-refractivity contribution in [2.75, 3.05) is 14.2 Å². The van der Waals surface area contributed by atoms with Crippen LogP contribution in [0.25, 0.3) is 16.2 Å². The molecular weight excluding hydrogens is 438 g/mol. The number of aromatic nitrogens is 2. The molecule has 160 valence electrons. The predicted molar refractivity (Wildman–Crippen MR) is 119 cm³/mol. The maximum atomic E-state index is 12.9. The number of nitrogens with zero attached hydrogens (tertiary/aromatic N) is 2. The molecule has 0 unspecified atom stereocenters. The van der Waals surface area contributed by atoms with E-state index in [0.29, 0.717) is 39.0 Å². The maximum absolute atomic E-state index is 12.9. The van der Waals surface area contributed by atoms with Gasteiger partial charge in [0.25, 0.3) is 0 Å². The summed E-state index contributed by atoms with van der Waals surface area (Å²) in [6.45, 7) is 3.56. The SMILES string of the molecule is COC(=O)C1=C(C)NC(C)=C(C(=O)OC)C1c1c(-c2ccc(Cl)cc2)nc2sccn12. The molecule has 1 aliphatic rings. The summed E-state index contributed by atoms with van der Waals surface area (Å²) in [7, 11) is 2.64. The van der Waals surface area contributed by atoms with Crippen LogP contribution >= 0.6 is 22.9 Å². The summed E-state index contributed by atoms with van der Waals surface area (Å²) in [5.74, 6) is -1.80. The Morgan fingerprint density at radius 1 is 1.06 bits per heavy atom. The van der Waals surface area contributed by atoms with Crippen LogP contribution in [0.4, 0.5) is 0 Å². The minimum atomic E-state index is -0.739. The van der Waals surface area contributed by atoms with Crippen molar-refractivity contribution < 1.29 is 19.1 Å². The van der Waals surface area contributed by atoms with Gasteiger partial charge in [0.15, 0.2) is 4.96 Å². The van der Waals surface area contributed by atoms with Gasteiger partial charge in [0.1, 0.15) is 0 Å². The van der Waals surface area contributed by atoms with Crippen LogP contribution in [-0.4, -0.2) is 35.5 Å². The summed E-state index contributed by atoms with van der Waals surface area (Å²) < 4.78 is 12.1. The summed E-state index contributed by atoms with van der Waals surface area (Å²) in [4.78, 5) is 31.3. The summed E-state index contributed by atoms with van der Waals surface area (Å²) in [6.07, 6.45) is 1.87. The molecule has 0 saturated heterocycles. The molecule has 1 aliphatic heterocycles. The quantitative estimate of drug-likeness (QED) is 0.588. The Morgan fingerprint density at radius 2 is 1.65 bits per heavy atom. The highest BCUT2D eigenvalue weighted by Crippen LogP contribution is 2.43. The molecule has 7 nitrogen and oxygen atoms in total. The van der Waals surface area contributed by atoms with Gasteiger partial charge in [-0.3, -0.25) is 4.40 Å². The number of esters is 2. The van der Waals surface area contributed by atoms with E-state index in [1.165, 1.54) is 25.6 Å². The molecule has 3 heterocycles. The number of hydrogen-bond acceptors (Lipinski definition) is 7. The highest BCUT2D eigenvalue weighted by molar-refractivity contribution is 7.15. The van der Waals surface area contributed by atoms with Crippen LogP contribution in [0.5, 0.6) is 0 Å². The first-order chi connectivity index (χ1) is 14.9.